The van der Waals surface area contributed by atoms with Crippen LogP contribution in [0.15, 0.2) is 48.9 Å². The van der Waals surface area contributed by atoms with Crippen molar-refractivity contribution in [2.75, 3.05) is 19.6 Å². The first kappa shape index (κ1) is 19.5. The van der Waals surface area contributed by atoms with Gasteiger partial charge in [0, 0.05) is 44.6 Å². The second-order valence-corrected chi connectivity index (χ2v) is 6.94. The second kappa shape index (κ2) is 8.61. The fourth-order valence-electron chi connectivity index (χ4n) is 3.62. The molecule has 2 aromatic heterocycles. The number of piperazine rings is 1. The minimum absolute atomic E-state index is 0. The number of hydrogen-bond acceptors (Lipinski definition) is 5. The molecule has 1 aliphatic rings. The molecule has 6 nitrogen and oxygen atoms in total. The van der Waals surface area contributed by atoms with Crippen molar-refractivity contribution < 1.29 is 0 Å². The molecule has 3 aromatic rings. The predicted molar refractivity (Wildman–Crippen MR) is 108 cm³/mol. The molecule has 0 radical (unpaired) electrons. The van der Waals surface area contributed by atoms with E-state index in [1.165, 1.54) is 16.7 Å². The minimum atomic E-state index is 0. The molecule has 7 heteroatoms. The van der Waals surface area contributed by atoms with Crippen molar-refractivity contribution >= 4 is 12.4 Å². The Morgan fingerprint density at radius 1 is 1.11 bits per heavy atom. The molecule has 0 amide bonds. The number of pyridine rings is 1. The number of benzene rings is 1. The molecule has 0 spiro atoms. The number of aryl methyl sites for hydroxylation is 2. The van der Waals surface area contributed by atoms with Gasteiger partial charge in [-0.05, 0) is 54.8 Å². The summed E-state index contributed by atoms with van der Waals surface area (Å²) in [5.41, 5.74) is 5.73. The molecule has 1 N–H and O–H groups in total. The van der Waals surface area contributed by atoms with Crippen LogP contribution in [0.25, 0.3) is 5.69 Å². The Balaban J connectivity index is 0.00000210. The first-order valence-electron chi connectivity index (χ1n) is 9.03. The summed E-state index contributed by atoms with van der Waals surface area (Å²) >= 11 is 0. The molecule has 4 rings (SSSR count). The Morgan fingerprint density at radius 2 is 1.85 bits per heavy atom. The Morgan fingerprint density at radius 3 is 2.59 bits per heavy atom. The van der Waals surface area contributed by atoms with Gasteiger partial charge in [-0.15, -0.1) is 12.4 Å². The summed E-state index contributed by atoms with van der Waals surface area (Å²) in [6, 6.07) is 10.9. The average Bonchev–Trinajstić information content (AvgIpc) is 3.11. The fraction of sp³-hybridized carbons (Fsp3) is 0.350. The Labute approximate surface area is 166 Å². The number of hydrogen-bond donors (Lipinski definition) is 1. The van der Waals surface area contributed by atoms with Gasteiger partial charge in [-0.25, -0.2) is 0 Å². The average molecular weight is 385 g/mol. The van der Waals surface area contributed by atoms with Crippen LogP contribution in [0.5, 0.6) is 0 Å². The highest BCUT2D eigenvalue weighted by Crippen LogP contribution is 2.23. The highest BCUT2D eigenvalue weighted by atomic mass is 35.5. The van der Waals surface area contributed by atoms with E-state index in [1.807, 2.05) is 18.6 Å². The molecule has 1 aliphatic heterocycles. The molecule has 3 heterocycles. The van der Waals surface area contributed by atoms with Gasteiger partial charge < -0.3 is 5.32 Å². The van der Waals surface area contributed by atoms with Crippen molar-refractivity contribution in [1.82, 2.24) is 30.2 Å². The van der Waals surface area contributed by atoms with E-state index in [0.717, 1.165) is 37.6 Å². The van der Waals surface area contributed by atoms with Gasteiger partial charge in [0.15, 0.2) is 0 Å². The Bertz CT molecular complexity index is 859. The van der Waals surface area contributed by atoms with Gasteiger partial charge in [0.1, 0.15) is 0 Å². The summed E-state index contributed by atoms with van der Waals surface area (Å²) in [5.74, 6) is 0. The first-order chi connectivity index (χ1) is 12.7. The summed E-state index contributed by atoms with van der Waals surface area (Å²) in [6.45, 7) is 7.91. The normalized spacial score (nSPS) is 17.5. The maximum absolute atomic E-state index is 4.72. The van der Waals surface area contributed by atoms with Crippen LogP contribution in [0.4, 0.5) is 0 Å². The van der Waals surface area contributed by atoms with Crippen LogP contribution >= 0.6 is 12.4 Å². The van der Waals surface area contributed by atoms with Crippen molar-refractivity contribution in [1.29, 1.82) is 0 Å². The van der Waals surface area contributed by atoms with Gasteiger partial charge >= 0.3 is 0 Å². The minimum Gasteiger partial charge on any atom is -0.314 e. The fourth-order valence-corrected chi connectivity index (χ4v) is 3.62. The lowest BCUT2D eigenvalue weighted by atomic mass is 10.0. The molecule has 1 fully saturated rings. The van der Waals surface area contributed by atoms with Crippen LogP contribution in [0, 0.1) is 13.8 Å². The quantitative estimate of drug-likeness (QED) is 0.749. The predicted octanol–water partition coefficient (Wildman–Crippen LogP) is 2.85. The Hall–Kier alpha value is -2.28. The largest absolute Gasteiger partial charge is 0.314 e. The van der Waals surface area contributed by atoms with Crippen LogP contribution < -0.4 is 5.32 Å². The number of aromatic nitrogens is 4. The zero-order chi connectivity index (χ0) is 17.9. The molecular weight excluding hydrogens is 360 g/mol. The third kappa shape index (κ3) is 4.53. The van der Waals surface area contributed by atoms with Crippen molar-refractivity contribution in [3.63, 3.8) is 0 Å². The summed E-state index contributed by atoms with van der Waals surface area (Å²) in [6.07, 6.45) is 5.60. The lowest BCUT2D eigenvalue weighted by molar-refractivity contribution is 0.151. The summed E-state index contributed by atoms with van der Waals surface area (Å²) in [4.78, 5) is 8.33. The zero-order valence-electron chi connectivity index (χ0n) is 15.7. The SMILES string of the molecule is Cc1cc(C)cc(-n2ncc(CN3CCNCC3c3ccncc3)n2)c1.Cl. The van der Waals surface area contributed by atoms with E-state index in [1.54, 1.807) is 4.80 Å². The number of nitrogens with zero attached hydrogens (tertiary/aromatic N) is 5. The van der Waals surface area contributed by atoms with Gasteiger partial charge in [-0.2, -0.15) is 15.0 Å². The lowest BCUT2D eigenvalue weighted by Crippen LogP contribution is -2.45. The van der Waals surface area contributed by atoms with E-state index in [0.29, 0.717) is 6.04 Å². The third-order valence-electron chi connectivity index (χ3n) is 4.79. The van der Waals surface area contributed by atoms with Crippen molar-refractivity contribution in [3.8, 4) is 5.69 Å². The first-order valence-corrected chi connectivity index (χ1v) is 9.03. The lowest BCUT2D eigenvalue weighted by Gasteiger charge is -2.35. The highest BCUT2D eigenvalue weighted by molar-refractivity contribution is 5.85. The van der Waals surface area contributed by atoms with E-state index in [-0.39, 0.29) is 12.4 Å². The topological polar surface area (TPSA) is 58.9 Å². The Kier molecular flexibility index (Phi) is 6.21. The van der Waals surface area contributed by atoms with Crippen LogP contribution in [-0.4, -0.2) is 44.5 Å². The number of halogens is 1. The standard InChI is InChI=1S/C20H24N6.ClH/c1-15-9-16(2)11-19(10-15)26-23-12-18(24-26)14-25-8-7-22-13-20(25)17-3-5-21-6-4-17;/h3-6,9-12,20,22H,7-8,13-14H2,1-2H3;1H. The van der Waals surface area contributed by atoms with Crippen LogP contribution in [-0.2, 0) is 6.54 Å². The third-order valence-corrected chi connectivity index (χ3v) is 4.79. The summed E-state index contributed by atoms with van der Waals surface area (Å²) in [5, 5.41) is 12.7. The molecule has 27 heavy (non-hydrogen) atoms. The molecular formula is C20H25ClN6. The van der Waals surface area contributed by atoms with Crippen LogP contribution in [0.1, 0.15) is 28.4 Å². The summed E-state index contributed by atoms with van der Waals surface area (Å²) < 4.78 is 0. The van der Waals surface area contributed by atoms with Gasteiger partial charge in [0.2, 0.25) is 0 Å². The van der Waals surface area contributed by atoms with Crippen molar-refractivity contribution in [2.24, 2.45) is 0 Å². The molecule has 0 saturated carbocycles. The van der Waals surface area contributed by atoms with Gasteiger partial charge in [-0.1, -0.05) is 6.07 Å². The number of rotatable bonds is 4. The molecule has 1 saturated heterocycles. The van der Waals surface area contributed by atoms with E-state index in [9.17, 15) is 0 Å². The molecule has 1 aromatic carbocycles. The zero-order valence-corrected chi connectivity index (χ0v) is 16.5. The molecule has 142 valence electrons. The highest BCUT2D eigenvalue weighted by Gasteiger charge is 2.24. The number of nitrogens with one attached hydrogen (secondary N) is 1. The van der Waals surface area contributed by atoms with Crippen LogP contribution in [0.3, 0.4) is 0 Å². The molecule has 0 aliphatic carbocycles. The monoisotopic (exact) mass is 384 g/mol. The molecule has 1 atom stereocenters. The molecule has 1 unspecified atom stereocenters. The molecule has 0 bridgehead atoms. The maximum atomic E-state index is 4.72. The van der Waals surface area contributed by atoms with Crippen LogP contribution in [0.2, 0.25) is 0 Å². The van der Waals surface area contributed by atoms with Gasteiger partial charge in [-0.3, -0.25) is 9.88 Å². The van der Waals surface area contributed by atoms with Crippen molar-refractivity contribution in [3.05, 3.63) is 71.3 Å². The van der Waals surface area contributed by atoms with E-state index < -0.39 is 0 Å². The van der Waals surface area contributed by atoms with Gasteiger partial charge in [0.05, 0.1) is 17.6 Å². The van der Waals surface area contributed by atoms with Gasteiger partial charge in [0.25, 0.3) is 0 Å². The maximum Gasteiger partial charge on any atom is 0.0972 e. The van der Waals surface area contributed by atoms with Crippen molar-refractivity contribution in [2.45, 2.75) is 26.4 Å². The van der Waals surface area contributed by atoms with E-state index in [2.05, 4.69) is 64.5 Å². The van der Waals surface area contributed by atoms with E-state index in [4.69, 9.17) is 5.10 Å². The second-order valence-electron chi connectivity index (χ2n) is 6.94. The smallest absolute Gasteiger partial charge is 0.0972 e. The summed E-state index contributed by atoms with van der Waals surface area (Å²) in [7, 11) is 0. The van der Waals surface area contributed by atoms with E-state index >= 15 is 0 Å².